The Bertz CT molecular complexity index is 535. The molecule has 1 aromatic rings. The summed E-state index contributed by atoms with van der Waals surface area (Å²) in [6.07, 6.45) is 6.13. The molecule has 0 spiro atoms. The molecule has 0 aromatic heterocycles. The van der Waals surface area contributed by atoms with Crippen LogP contribution in [0.25, 0.3) is 5.57 Å². The van der Waals surface area contributed by atoms with E-state index < -0.39 is 5.79 Å². The maximum atomic E-state index is 10.6. The third-order valence-corrected chi connectivity index (χ3v) is 4.11. The number of morpholine rings is 1. The largest absolute Gasteiger partial charge is 0.379 e. The van der Waals surface area contributed by atoms with Crippen molar-refractivity contribution in [1.82, 2.24) is 4.90 Å². The summed E-state index contributed by atoms with van der Waals surface area (Å²) in [4.78, 5) is 2.30. The zero-order chi connectivity index (χ0) is 15.3. The minimum Gasteiger partial charge on any atom is -0.379 e. The first kappa shape index (κ1) is 15.4. The second-order valence-corrected chi connectivity index (χ2v) is 5.74. The van der Waals surface area contributed by atoms with Gasteiger partial charge in [-0.3, -0.25) is 4.90 Å². The predicted molar refractivity (Wildman–Crippen MR) is 86.3 cm³/mol. The fourth-order valence-corrected chi connectivity index (χ4v) is 2.83. The molecule has 1 N–H and O–H groups in total. The van der Waals surface area contributed by atoms with Crippen LogP contribution in [0.3, 0.4) is 0 Å². The smallest absolute Gasteiger partial charge is 0.189 e. The first-order chi connectivity index (χ1) is 10.8. The van der Waals surface area contributed by atoms with Crippen LogP contribution < -0.4 is 0 Å². The van der Waals surface area contributed by atoms with E-state index in [1.807, 2.05) is 30.4 Å². The average molecular weight is 301 g/mol. The summed E-state index contributed by atoms with van der Waals surface area (Å²) < 4.78 is 11.1. The van der Waals surface area contributed by atoms with Crippen LogP contribution in [0.1, 0.15) is 12.0 Å². The number of benzene rings is 1. The number of nitrogens with zero attached hydrogens (tertiary/aromatic N) is 1. The van der Waals surface area contributed by atoms with Gasteiger partial charge in [0.05, 0.1) is 19.8 Å². The van der Waals surface area contributed by atoms with Gasteiger partial charge in [0.25, 0.3) is 0 Å². The summed E-state index contributed by atoms with van der Waals surface area (Å²) in [5, 5.41) is 10.6. The normalized spacial score (nSPS) is 26.0. The highest BCUT2D eigenvalue weighted by Gasteiger charge is 2.28. The van der Waals surface area contributed by atoms with Gasteiger partial charge in [-0.05, 0) is 17.2 Å². The maximum Gasteiger partial charge on any atom is 0.189 e. The van der Waals surface area contributed by atoms with Gasteiger partial charge in [-0.1, -0.05) is 42.5 Å². The van der Waals surface area contributed by atoms with Gasteiger partial charge in [-0.2, -0.15) is 0 Å². The molecule has 1 fully saturated rings. The molecule has 1 aliphatic heterocycles. The lowest BCUT2D eigenvalue weighted by Gasteiger charge is -2.31. The number of aliphatic hydroxyl groups is 1. The number of rotatable bonds is 5. The van der Waals surface area contributed by atoms with Crippen LogP contribution in [0.5, 0.6) is 0 Å². The first-order valence-electron chi connectivity index (χ1n) is 7.85. The fraction of sp³-hybridized carbons (Fsp3) is 0.444. The van der Waals surface area contributed by atoms with Crippen LogP contribution in [-0.4, -0.2) is 55.2 Å². The summed E-state index contributed by atoms with van der Waals surface area (Å²) in [5.41, 5.74) is 2.22. The van der Waals surface area contributed by atoms with Gasteiger partial charge in [0.2, 0.25) is 0 Å². The fourth-order valence-electron chi connectivity index (χ4n) is 2.83. The highest BCUT2D eigenvalue weighted by molar-refractivity contribution is 5.69. The van der Waals surface area contributed by atoms with Gasteiger partial charge in [0.1, 0.15) is 0 Å². The van der Waals surface area contributed by atoms with Crippen molar-refractivity contribution in [2.24, 2.45) is 0 Å². The van der Waals surface area contributed by atoms with E-state index in [0.29, 0.717) is 13.0 Å². The molecule has 0 amide bonds. The molecule has 1 unspecified atom stereocenters. The Balaban J connectivity index is 1.53. The third kappa shape index (κ3) is 4.05. The molecule has 1 heterocycles. The second kappa shape index (κ2) is 7.20. The molecule has 4 nitrogen and oxygen atoms in total. The maximum absolute atomic E-state index is 10.6. The van der Waals surface area contributed by atoms with E-state index in [4.69, 9.17) is 9.47 Å². The molecular formula is C18H23NO3. The van der Waals surface area contributed by atoms with Crippen LogP contribution in [0.15, 0.2) is 48.6 Å². The van der Waals surface area contributed by atoms with Crippen LogP contribution in [0.2, 0.25) is 0 Å². The van der Waals surface area contributed by atoms with Gasteiger partial charge in [-0.15, -0.1) is 0 Å². The molecule has 1 aliphatic carbocycles. The number of hydrogen-bond acceptors (Lipinski definition) is 4. The Morgan fingerprint density at radius 2 is 1.95 bits per heavy atom. The summed E-state index contributed by atoms with van der Waals surface area (Å²) >= 11 is 0. The highest BCUT2D eigenvalue weighted by atomic mass is 16.6. The van der Waals surface area contributed by atoms with E-state index in [-0.39, 0.29) is 0 Å². The highest BCUT2D eigenvalue weighted by Crippen LogP contribution is 2.30. The molecular weight excluding hydrogens is 278 g/mol. The van der Waals surface area contributed by atoms with E-state index in [2.05, 4.69) is 17.0 Å². The molecule has 1 atom stereocenters. The van der Waals surface area contributed by atoms with Crippen molar-refractivity contribution in [1.29, 1.82) is 0 Å². The molecule has 1 aromatic carbocycles. The zero-order valence-corrected chi connectivity index (χ0v) is 12.8. The van der Waals surface area contributed by atoms with Crippen molar-refractivity contribution in [2.75, 3.05) is 39.5 Å². The Kier molecular flexibility index (Phi) is 5.05. The molecule has 1 saturated heterocycles. The van der Waals surface area contributed by atoms with Crippen LogP contribution in [-0.2, 0) is 9.47 Å². The molecule has 0 radical (unpaired) electrons. The SMILES string of the molecule is OC1(OCCN2CCOCC2)C=CC=C(c2ccccc2)C1. The summed E-state index contributed by atoms with van der Waals surface area (Å²) in [6, 6.07) is 10.1. The lowest BCUT2D eigenvalue weighted by Crippen LogP contribution is -2.40. The quantitative estimate of drug-likeness (QED) is 0.846. The third-order valence-electron chi connectivity index (χ3n) is 4.11. The van der Waals surface area contributed by atoms with Crippen molar-refractivity contribution in [3.05, 3.63) is 54.1 Å². The summed E-state index contributed by atoms with van der Waals surface area (Å²) in [5.74, 6) is -1.20. The van der Waals surface area contributed by atoms with Crippen molar-refractivity contribution in [3.63, 3.8) is 0 Å². The molecule has 2 aliphatic rings. The molecule has 22 heavy (non-hydrogen) atoms. The number of ether oxygens (including phenoxy) is 2. The Morgan fingerprint density at radius 1 is 1.18 bits per heavy atom. The lowest BCUT2D eigenvalue weighted by atomic mass is 9.93. The van der Waals surface area contributed by atoms with E-state index in [1.54, 1.807) is 6.08 Å². The number of allylic oxidation sites excluding steroid dienone is 2. The first-order valence-corrected chi connectivity index (χ1v) is 7.85. The van der Waals surface area contributed by atoms with Gasteiger partial charge in [0, 0.05) is 26.1 Å². The molecule has 0 bridgehead atoms. The summed E-state index contributed by atoms with van der Waals surface area (Å²) in [6.45, 7) is 4.78. The van der Waals surface area contributed by atoms with Gasteiger partial charge < -0.3 is 14.6 Å². The average Bonchev–Trinajstić information content (AvgIpc) is 2.56. The standard InChI is InChI=1S/C18H23NO3/c20-18(22-14-11-19-9-12-21-13-10-19)8-4-7-17(15-18)16-5-2-1-3-6-16/h1-8,20H,9-15H2. The van der Waals surface area contributed by atoms with Gasteiger partial charge >= 0.3 is 0 Å². The molecule has 118 valence electrons. The monoisotopic (exact) mass is 301 g/mol. The Morgan fingerprint density at radius 3 is 2.73 bits per heavy atom. The van der Waals surface area contributed by atoms with Crippen LogP contribution in [0, 0.1) is 0 Å². The van der Waals surface area contributed by atoms with Crippen molar-refractivity contribution in [3.8, 4) is 0 Å². The van der Waals surface area contributed by atoms with E-state index in [1.165, 1.54) is 0 Å². The Labute approximate surface area is 131 Å². The minimum absolute atomic E-state index is 0.483. The minimum atomic E-state index is -1.20. The summed E-state index contributed by atoms with van der Waals surface area (Å²) in [7, 11) is 0. The van der Waals surface area contributed by atoms with E-state index in [0.717, 1.165) is 44.0 Å². The number of hydrogen-bond donors (Lipinski definition) is 1. The van der Waals surface area contributed by atoms with E-state index in [9.17, 15) is 5.11 Å². The Hall–Kier alpha value is -1.46. The zero-order valence-electron chi connectivity index (χ0n) is 12.8. The molecule has 0 saturated carbocycles. The van der Waals surface area contributed by atoms with Crippen LogP contribution in [0.4, 0.5) is 0 Å². The van der Waals surface area contributed by atoms with Crippen molar-refractivity contribution >= 4 is 5.57 Å². The van der Waals surface area contributed by atoms with Gasteiger partial charge in [0.15, 0.2) is 5.79 Å². The van der Waals surface area contributed by atoms with Crippen molar-refractivity contribution < 1.29 is 14.6 Å². The van der Waals surface area contributed by atoms with Crippen molar-refractivity contribution in [2.45, 2.75) is 12.2 Å². The lowest BCUT2D eigenvalue weighted by molar-refractivity contribution is -0.166. The second-order valence-electron chi connectivity index (χ2n) is 5.74. The molecule has 4 heteroatoms. The van der Waals surface area contributed by atoms with Gasteiger partial charge in [-0.25, -0.2) is 0 Å². The van der Waals surface area contributed by atoms with E-state index >= 15 is 0 Å². The van der Waals surface area contributed by atoms with Crippen LogP contribution >= 0.6 is 0 Å². The topological polar surface area (TPSA) is 41.9 Å². The molecule has 3 rings (SSSR count). The predicted octanol–water partition coefficient (Wildman–Crippen LogP) is 2.07.